The Morgan fingerprint density at radius 1 is 1.26 bits per heavy atom. The highest BCUT2D eigenvalue weighted by Crippen LogP contribution is 2.23. The van der Waals surface area contributed by atoms with Crippen molar-refractivity contribution in [1.82, 2.24) is 10.2 Å². The van der Waals surface area contributed by atoms with Gasteiger partial charge in [-0.1, -0.05) is 11.6 Å². The minimum atomic E-state index is -0.427. The van der Waals surface area contributed by atoms with Crippen LogP contribution in [0.3, 0.4) is 0 Å². The smallest absolute Gasteiger partial charge is 0.337 e. The van der Waals surface area contributed by atoms with Crippen molar-refractivity contribution < 1.29 is 14.3 Å². The standard InChI is InChI=1S/C16H24ClN3O3/c1-20(2)10-4-8-19-15(21)7-9-18-14-11-12(16(22)23-3)5-6-13(14)17/h5-6,11,18H,4,7-10H2,1-3H3,(H,19,21). The zero-order chi connectivity index (χ0) is 17.2. The lowest BCUT2D eigenvalue weighted by Gasteiger charge is -2.11. The van der Waals surface area contributed by atoms with Gasteiger partial charge < -0.3 is 20.3 Å². The van der Waals surface area contributed by atoms with Crippen LogP contribution in [0.5, 0.6) is 0 Å². The van der Waals surface area contributed by atoms with E-state index in [1.54, 1.807) is 18.2 Å². The van der Waals surface area contributed by atoms with Crippen molar-refractivity contribution in [2.75, 3.05) is 46.2 Å². The summed E-state index contributed by atoms with van der Waals surface area (Å²) in [6.07, 6.45) is 1.25. The summed E-state index contributed by atoms with van der Waals surface area (Å²) in [5, 5.41) is 6.42. The number of methoxy groups -OCH3 is 1. The van der Waals surface area contributed by atoms with Crippen LogP contribution in [0.15, 0.2) is 18.2 Å². The predicted molar refractivity (Wildman–Crippen MR) is 92.1 cm³/mol. The number of carbonyl (C=O) groups is 2. The van der Waals surface area contributed by atoms with Crippen molar-refractivity contribution >= 4 is 29.2 Å². The number of hydrogen-bond acceptors (Lipinski definition) is 5. The molecular formula is C16H24ClN3O3. The van der Waals surface area contributed by atoms with Crippen molar-refractivity contribution in [2.24, 2.45) is 0 Å². The van der Waals surface area contributed by atoms with Crippen LogP contribution in [0.4, 0.5) is 5.69 Å². The SMILES string of the molecule is COC(=O)c1ccc(Cl)c(NCCC(=O)NCCCN(C)C)c1. The number of amides is 1. The zero-order valence-electron chi connectivity index (χ0n) is 13.8. The number of rotatable bonds is 9. The Kier molecular flexibility index (Phi) is 8.43. The molecule has 0 atom stereocenters. The Balaban J connectivity index is 2.37. The van der Waals surface area contributed by atoms with Crippen LogP contribution in [0.25, 0.3) is 0 Å². The van der Waals surface area contributed by atoms with Crippen molar-refractivity contribution in [1.29, 1.82) is 0 Å². The second-order valence-electron chi connectivity index (χ2n) is 5.37. The Bertz CT molecular complexity index is 535. The molecule has 1 rings (SSSR count). The van der Waals surface area contributed by atoms with Crippen LogP contribution < -0.4 is 10.6 Å². The van der Waals surface area contributed by atoms with Gasteiger partial charge in [-0.2, -0.15) is 0 Å². The van der Waals surface area contributed by atoms with Crippen LogP contribution in [0.2, 0.25) is 5.02 Å². The van der Waals surface area contributed by atoms with Gasteiger partial charge in [-0.05, 0) is 45.3 Å². The molecule has 0 aliphatic carbocycles. The molecule has 6 nitrogen and oxygen atoms in total. The van der Waals surface area contributed by atoms with E-state index in [1.807, 2.05) is 14.1 Å². The largest absolute Gasteiger partial charge is 0.465 e. The minimum Gasteiger partial charge on any atom is -0.465 e. The number of carbonyl (C=O) groups excluding carboxylic acids is 2. The molecule has 0 aliphatic heterocycles. The topological polar surface area (TPSA) is 70.7 Å². The number of nitrogens with zero attached hydrogens (tertiary/aromatic N) is 1. The summed E-state index contributed by atoms with van der Waals surface area (Å²) < 4.78 is 4.67. The third-order valence-electron chi connectivity index (χ3n) is 3.16. The maximum absolute atomic E-state index is 11.7. The second-order valence-corrected chi connectivity index (χ2v) is 5.78. The average Bonchev–Trinajstić information content (AvgIpc) is 2.52. The molecule has 0 heterocycles. The van der Waals surface area contributed by atoms with Gasteiger partial charge in [0.15, 0.2) is 0 Å². The first-order chi connectivity index (χ1) is 10.9. The highest BCUT2D eigenvalue weighted by molar-refractivity contribution is 6.33. The van der Waals surface area contributed by atoms with Gasteiger partial charge in [0.25, 0.3) is 0 Å². The van der Waals surface area contributed by atoms with Gasteiger partial charge >= 0.3 is 5.97 Å². The molecule has 23 heavy (non-hydrogen) atoms. The van der Waals surface area contributed by atoms with Gasteiger partial charge in [-0.25, -0.2) is 4.79 Å². The number of esters is 1. The first kappa shape index (κ1) is 19.3. The fraction of sp³-hybridized carbons (Fsp3) is 0.500. The number of anilines is 1. The fourth-order valence-corrected chi connectivity index (χ4v) is 2.11. The number of halogens is 1. The summed E-state index contributed by atoms with van der Waals surface area (Å²) in [6.45, 7) is 2.04. The van der Waals surface area contributed by atoms with Crippen LogP contribution in [-0.2, 0) is 9.53 Å². The van der Waals surface area contributed by atoms with Crippen molar-refractivity contribution in [3.05, 3.63) is 28.8 Å². The Labute approximate surface area is 142 Å². The van der Waals surface area contributed by atoms with E-state index in [1.165, 1.54) is 7.11 Å². The van der Waals surface area contributed by atoms with Gasteiger partial charge in [-0.3, -0.25) is 4.79 Å². The summed E-state index contributed by atoms with van der Waals surface area (Å²) in [6, 6.07) is 4.83. The third-order valence-corrected chi connectivity index (χ3v) is 3.49. The molecule has 0 radical (unpaired) electrons. The lowest BCUT2D eigenvalue weighted by molar-refractivity contribution is -0.120. The van der Waals surface area contributed by atoms with Crippen molar-refractivity contribution in [3.8, 4) is 0 Å². The predicted octanol–water partition coefficient (Wildman–Crippen LogP) is 2.00. The molecule has 2 N–H and O–H groups in total. The normalized spacial score (nSPS) is 10.5. The molecular weight excluding hydrogens is 318 g/mol. The van der Waals surface area contributed by atoms with Gasteiger partial charge in [0, 0.05) is 19.5 Å². The summed E-state index contributed by atoms with van der Waals surface area (Å²) in [5.41, 5.74) is 1.02. The molecule has 1 aromatic rings. The number of ether oxygens (including phenoxy) is 1. The maximum Gasteiger partial charge on any atom is 0.337 e. The third kappa shape index (κ3) is 7.34. The Morgan fingerprint density at radius 3 is 2.65 bits per heavy atom. The monoisotopic (exact) mass is 341 g/mol. The highest BCUT2D eigenvalue weighted by Gasteiger charge is 2.09. The summed E-state index contributed by atoms with van der Waals surface area (Å²) in [5.74, 6) is -0.445. The number of hydrogen-bond donors (Lipinski definition) is 2. The average molecular weight is 342 g/mol. The second kappa shape index (κ2) is 10.1. The first-order valence-corrected chi connectivity index (χ1v) is 7.85. The van der Waals surface area contributed by atoms with Gasteiger partial charge in [0.2, 0.25) is 5.91 Å². The Morgan fingerprint density at radius 2 is 2.00 bits per heavy atom. The van der Waals surface area contributed by atoms with E-state index < -0.39 is 5.97 Å². The quantitative estimate of drug-likeness (QED) is 0.531. The van der Waals surface area contributed by atoms with E-state index in [4.69, 9.17) is 11.6 Å². The number of nitrogens with one attached hydrogen (secondary N) is 2. The van der Waals surface area contributed by atoms with E-state index in [2.05, 4.69) is 20.3 Å². The molecule has 1 aromatic carbocycles. The molecule has 0 aliphatic rings. The molecule has 0 aromatic heterocycles. The van der Waals surface area contributed by atoms with E-state index in [0.29, 0.717) is 35.8 Å². The van der Waals surface area contributed by atoms with Crippen LogP contribution in [-0.4, -0.2) is 57.6 Å². The van der Waals surface area contributed by atoms with E-state index >= 15 is 0 Å². The molecule has 1 amide bonds. The fourth-order valence-electron chi connectivity index (χ4n) is 1.93. The molecule has 0 saturated carbocycles. The number of benzene rings is 1. The van der Waals surface area contributed by atoms with Gasteiger partial charge in [0.05, 0.1) is 23.4 Å². The molecule has 0 unspecified atom stereocenters. The summed E-state index contributed by atoms with van der Waals surface area (Å²) in [7, 11) is 5.32. The molecule has 0 fully saturated rings. The lowest BCUT2D eigenvalue weighted by atomic mass is 10.2. The van der Waals surface area contributed by atoms with Crippen LogP contribution >= 0.6 is 11.6 Å². The van der Waals surface area contributed by atoms with Crippen LogP contribution in [0.1, 0.15) is 23.2 Å². The van der Waals surface area contributed by atoms with Gasteiger partial charge in [-0.15, -0.1) is 0 Å². The first-order valence-electron chi connectivity index (χ1n) is 7.47. The summed E-state index contributed by atoms with van der Waals surface area (Å²) in [4.78, 5) is 25.3. The van der Waals surface area contributed by atoms with E-state index in [9.17, 15) is 9.59 Å². The zero-order valence-corrected chi connectivity index (χ0v) is 14.6. The molecule has 128 valence electrons. The molecule has 0 bridgehead atoms. The lowest BCUT2D eigenvalue weighted by Crippen LogP contribution is -2.28. The van der Waals surface area contributed by atoms with Crippen molar-refractivity contribution in [2.45, 2.75) is 12.8 Å². The molecule has 0 spiro atoms. The Hall–Kier alpha value is -1.79. The maximum atomic E-state index is 11.7. The van der Waals surface area contributed by atoms with Crippen LogP contribution in [0, 0.1) is 0 Å². The molecule has 0 saturated heterocycles. The molecule has 7 heteroatoms. The van der Waals surface area contributed by atoms with E-state index in [0.717, 1.165) is 13.0 Å². The van der Waals surface area contributed by atoms with Gasteiger partial charge in [0.1, 0.15) is 0 Å². The summed E-state index contributed by atoms with van der Waals surface area (Å²) >= 11 is 6.07. The highest BCUT2D eigenvalue weighted by atomic mass is 35.5. The minimum absolute atomic E-state index is 0.0171. The van der Waals surface area contributed by atoms with Crippen molar-refractivity contribution in [3.63, 3.8) is 0 Å². The van der Waals surface area contributed by atoms with E-state index in [-0.39, 0.29) is 5.91 Å².